The van der Waals surface area contributed by atoms with Crippen molar-refractivity contribution in [3.8, 4) is 0 Å². The average Bonchev–Trinajstić information content (AvgIpc) is 2.87. The average molecular weight is 474 g/mol. The van der Waals surface area contributed by atoms with Crippen molar-refractivity contribution in [3.05, 3.63) is 107 Å². The maximum Gasteiger partial charge on any atom is 2.00 e. The summed E-state index contributed by atoms with van der Waals surface area (Å²) in [5.41, 5.74) is 15.9. The number of allylic oxidation sites excluding steroid dienone is 4. The molecule has 0 heterocycles. The van der Waals surface area contributed by atoms with Gasteiger partial charge in [0.25, 0.3) is 0 Å². The first-order valence-corrected chi connectivity index (χ1v) is 9.41. The molecule has 0 bridgehead atoms. The van der Waals surface area contributed by atoms with Crippen LogP contribution in [0.2, 0.25) is 0 Å². The number of rotatable bonds is 1. The van der Waals surface area contributed by atoms with Crippen molar-refractivity contribution in [3.63, 3.8) is 0 Å². The summed E-state index contributed by atoms with van der Waals surface area (Å²) in [5, 5.41) is 2.53. The zero-order chi connectivity index (χ0) is 19.6. The van der Waals surface area contributed by atoms with Crippen LogP contribution in [0.5, 0.6) is 0 Å². The van der Waals surface area contributed by atoms with Crippen molar-refractivity contribution in [1.29, 1.82) is 0 Å². The van der Waals surface area contributed by atoms with E-state index < -0.39 is 0 Å². The van der Waals surface area contributed by atoms with E-state index in [0.29, 0.717) is 11.6 Å². The van der Waals surface area contributed by atoms with E-state index >= 15 is 0 Å². The molecule has 1 aliphatic rings. The quantitative estimate of drug-likeness (QED) is 0.248. The van der Waals surface area contributed by atoms with Crippen molar-refractivity contribution in [2.24, 2.45) is 5.92 Å². The van der Waals surface area contributed by atoms with Gasteiger partial charge in [-0.05, 0) is 32.3 Å². The van der Waals surface area contributed by atoms with Gasteiger partial charge in [0, 0.05) is 0 Å². The molecule has 156 valence electrons. The molecular formula is C26H29Cl2NTi. The number of halogens is 2. The molecule has 1 unspecified atom stereocenters. The number of hydrogen-bond donors (Lipinski definition) is 0. The summed E-state index contributed by atoms with van der Waals surface area (Å²) in [4.78, 5) is 0. The molecule has 1 atom stereocenters. The van der Waals surface area contributed by atoms with Gasteiger partial charge in [-0.25, -0.2) is 0 Å². The van der Waals surface area contributed by atoms with E-state index in [4.69, 9.17) is 5.73 Å². The molecule has 1 nitrogen and oxygen atoms in total. The minimum Gasteiger partial charge on any atom is -0.699 e. The second-order valence-corrected chi connectivity index (χ2v) is 7.25. The van der Waals surface area contributed by atoms with E-state index in [0.717, 1.165) is 5.56 Å². The minimum atomic E-state index is 0. The standard InChI is InChI=1S/C20H21.C6H6N.2ClH.Ti/c1-12-13(2)15(4)20(14(12)3)19-11-10-17-8-6-7-9-18(17)16(19)5;7-6-4-2-1-3-5-6;;;/h6-11,14H,5H2,1-4H3;1-5,7H;2*1H;/q2*-1;;;+2. The maximum atomic E-state index is 7.00. The van der Waals surface area contributed by atoms with Crippen LogP contribution in [0.1, 0.15) is 38.8 Å². The largest absolute Gasteiger partial charge is 2.00 e. The van der Waals surface area contributed by atoms with Crippen molar-refractivity contribution in [2.75, 3.05) is 0 Å². The topological polar surface area (TPSA) is 23.8 Å². The number of fused-ring (bicyclic) bond motifs is 1. The summed E-state index contributed by atoms with van der Waals surface area (Å²) < 4.78 is 0. The Hall–Kier alpha value is -1.64. The Labute approximate surface area is 208 Å². The molecule has 1 aliphatic carbocycles. The fraction of sp³-hybridized carbons (Fsp3) is 0.192. The third kappa shape index (κ3) is 5.74. The van der Waals surface area contributed by atoms with Crippen LogP contribution in [0.3, 0.4) is 0 Å². The van der Waals surface area contributed by atoms with Crippen LogP contribution < -0.4 is 0 Å². The van der Waals surface area contributed by atoms with Gasteiger partial charge in [-0.3, -0.25) is 0 Å². The molecule has 0 spiro atoms. The summed E-state index contributed by atoms with van der Waals surface area (Å²) >= 11 is 0. The van der Waals surface area contributed by atoms with Crippen molar-refractivity contribution in [1.82, 2.24) is 0 Å². The molecule has 0 saturated carbocycles. The zero-order valence-electron chi connectivity index (χ0n) is 18.0. The van der Waals surface area contributed by atoms with Crippen LogP contribution in [0, 0.1) is 12.8 Å². The van der Waals surface area contributed by atoms with Crippen LogP contribution in [0.15, 0.2) is 83.4 Å². The van der Waals surface area contributed by atoms with E-state index in [9.17, 15) is 0 Å². The van der Waals surface area contributed by atoms with Gasteiger partial charge in [0.1, 0.15) is 0 Å². The van der Waals surface area contributed by atoms with Crippen molar-refractivity contribution >= 4 is 46.8 Å². The monoisotopic (exact) mass is 473 g/mol. The van der Waals surface area contributed by atoms with Gasteiger partial charge in [0.15, 0.2) is 0 Å². The molecule has 0 radical (unpaired) electrons. The third-order valence-corrected chi connectivity index (χ3v) is 5.75. The summed E-state index contributed by atoms with van der Waals surface area (Å²) in [6.07, 6.45) is 0. The zero-order valence-corrected chi connectivity index (χ0v) is 21.1. The van der Waals surface area contributed by atoms with E-state index in [1.165, 1.54) is 38.6 Å². The van der Waals surface area contributed by atoms with Gasteiger partial charge in [-0.15, -0.1) is 53.6 Å². The number of hydrogen-bond acceptors (Lipinski definition) is 0. The number of benzene rings is 3. The first-order chi connectivity index (χ1) is 12.9. The Balaban J connectivity index is 0.000000726. The van der Waals surface area contributed by atoms with Gasteiger partial charge in [0.2, 0.25) is 0 Å². The molecule has 3 aromatic carbocycles. The van der Waals surface area contributed by atoms with Gasteiger partial charge < -0.3 is 5.73 Å². The Bertz CT molecular complexity index is 1040. The first-order valence-electron chi connectivity index (χ1n) is 9.41. The third-order valence-electron chi connectivity index (χ3n) is 5.75. The van der Waals surface area contributed by atoms with Crippen molar-refractivity contribution in [2.45, 2.75) is 27.7 Å². The van der Waals surface area contributed by atoms with E-state index in [-0.39, 0.29) is 46.5 Å². The molecule has 0 saturated heterocycles. The van der Waals surface area contributed by atoms with Gasteiger partial charge in [-0.1, -0.05) is 83.6 Å². The van der Waals surface area contributed by atoms with Crippen LogP contribution in [-0.2, 0) is 21.7 Å². The van der Waals surface area contributed by atoms with Crippen LogP contribution in [-0.4, -0.2) is 0 Å². The second kappa shape index (κ2) is 12.3. The van der Waals surface area contributed by atoms with Crippen molar-refractivity contribution < 1.29 is 21.7 Å². The minimum absolute atomic E-state index is 0. The van der Waals surface area contributed by atoms with Crippen LogP contribution in [0.25, 0.3) is 22.1 Å². The first kappa shape index (κ1) is 28.4. The molecule has 4 rings (SSSR count). The fourth-order valence-corrected chi connectivity index (χ4v) is 3.83. The van der Waals surface area contributed by atoms with E-state index in [2.05, 4.69) is 71.0 Å². The molecule has 1 N–H and O–H groups in total. The van der Waals surface area contributed by atoms with E-state index in [1.807, 2.05) is 18.2 Å². The van der Waals surface area contributed by atoms with Crippen LogP contribution >= 0.6 is 24.8 Å². The summed E-state index contributed by atoms with van der Waals surface area (Å²) in [5.74, 6) is 0.497. The fourth-order valence-electron chi connectivity index (χ4n) is 3.83. The maximum absolute atomic E-state index is 7.00. The molecular weight excluding hydrogens is 445 g/mol. The Morgan fingerprint density at radius 2 is 1.33 bits per heavy atom. The predicted molar refractivity (Wildman–Crippen MR) is 133 cm³/mol. The Morgan fingerprint density at radius 1 is 0.767 bits per heavy atom. The summed E-state index contributed by atoms with van der Waals surface area (Å²) in [7, 11) is 0. The van der Waals surface area contributed by atoms with Gasteiger partial charge >= 0.3 is 21.7 Å². The summed E-state index contributed by atoms with van der Waals surface area (Å²) in [6.45, 7) is 13.4. The van der Waals surface area contributed by atoms with Gasteiger partial charge in [-0.2, -0.15) is 12.5 Å². The number of nitrogens with one attached hydrogen (secondary N) is 1. The van der Waals surface area contributed by atoms with Gasteiger partial charge in [0.05, 0.1) is 0 Å². The molecule has 3 aromatic rings. The predicted octanol–water partition coefficient (Wildman–Crippen LogP) is 8.99. The molecule has 30 heavy (non-hydrogen) atoms. The molecule has 0 aromatic heterocycles. The Kier molecular flexibility index (Phi) is 11.6. The molecule has 0 amide bonds. The smallest absolute Gasteiger partial charge is 0.699 e. The normalized spacial score (nSPS) is 14.9. The molecule has 4 heteroatoms. The second-order valence-electron chi connectivity index (χ2n) is 7.25. The molecule has 0 fully saturated rings. The summed E-state index contributed by atoms with van der Waals surface area (Å²) in [6, 6.07) is 22.1. The Morgan fingerprint density at radius 3 is 1.83 bits per heavy atom. The van der Waals surface area contributed by atoms with Crippen LogP contribution in [0.4, 0.5) is 5.69 Å². The SMILES string of the molecule is Cl.Cl.[CH2-]c1c(C2=C(C)C(C)=C(C)C2C)ccc2ccccc12.[NH-]c1ccccc1.[Ti+2]. The molecule has 0 aliphatic heterocycles. The van der Waals surface area contributed by atoms with E-state index in [1.54, 1.807) is 12.1 Å².